The van der Waals surface area contributed by atoms with Crippen LogP contribution in [0.4, 0.5) is 0 Å². The number of aliphatic hydroxyl groups is 1. The summed E-state index contributed by atoms with van der Waals surface area (Å²) in [5.74, 6) is 0. The predicted molar refractivity (Wildman–Crippen MR) is 70.3 cm³/mol. The first-order valence-electron chi connectivity index (χ1n) is 7.46. The van der Waals surface area contributed by atoms with Crippen LogP contribution >= 0.6 is 0 Å². The normalized spacial score (nSPS) is 46.0. The second-order valence-corrected chi connectivity index (χ2v) is 6.36. The van der Waals surface area contributed by atoms with Gasteiger partial charge in [0, 0.05) is 31.2 Å². The highest BCUT2D eigenvalue weighted by molar-refractivity contribution is 5.12. The molecule has 3 heterocycles. The van der Waals surface area contributed by atoms with E-state index >= 15 is 0 Å². The Labute approximate surface area is 109 Å². The summed E-state index contributed by atoms with van der Waals surface area (Å²) in [5.41, 5.74) is 5.24. The molecule has 0 saturated carbocycles. The molecule has 0 bridgehead atoms. The number of hydrogen-bond acceptors (Lipinski definition) is 4. The van der Waals surface area contributed by atoms with E-state index in [-0.39, 0.29) is 5.41 Å². The van der Waals surface area contributed by atoms with Crippen LogP contribution in [-0.2, 0) is 4.74 Å². The molecule has 3 unspecified atom stereocenters. The largest absolute Gasteiger partial charge is 0.387 e. The molecular weight excluding hydrogens is 228 g/mol. The van der Waals surface area contributed by atoms with E-state index in [0.717, 1.165) is 45.4 Å². The SMILES string of the molecule is NCC1(C2(O)CCN3CCCCC32)CCCOC1. The predicted octanol–water partition coefficient (Wildman–Crippen LogP) is 0.731. The molecule has 0 spiro atoms. The third-order valence-corrected chi connectivity index (χ3v) is 5.58. The zero-order valence-electron chi connectivity index (χ0n) is 11.2. The van der Waals surface area contributed by atoms with E-state index in [1.807, 2.05) is 0 Å². The van der Waals surface area contributed by atoms with Gasteiger partial charge in [-0.1, -0.05) is 6.42 Å². The minimum absolute atomic E-state index is 0.206. The van der Waals surface area contributed by atoms with Gasteiger partial charge in [-0.15, -0.1) is 0 Å². The average Bonchev–Trinajstić information content (AvgIpc) is 2.79. The standard InChI is InChI=1S/C14H26N2O2/c15-10-13(5-3-9-18-11-13)14(17)6-8-16-7-2-1-4-12(14)16/h12,17H,1-11,15H2. The van der Waals surface area contributed by atoms with Gasteiger partial charge in [-0.25, -0.2) is 0 Å². The molecule has 3 saturated heterocycles. The third-order valence-electron chi connectivity index (χ3n) is 5.58. The zero-order chi connectivity index (χ0) is 12.6. The molecule has 104 valence electrons. The molecule has 0 aromatic rings. The Hall–Kier alpha value is -0.160. The van der Waals surface area contributed by atoms with Gasteiger partial charge in [0.25, 0.3) is 0 Å². The summed E-state index contributed by atoms with van der Waals surface area (Å²) in [6, 6.07) is 0.316. The van der Waals surface area contributed by atoms with Crippen molar-refractivity contribution in [3.63, 3.8) is 0 Å². The minimum Gasteiger partial charge on any atom is -0.387 e. The molecular formula is C14H26N2O2. The van der Waals surface area contributed by atoms with E-state index in [0.29, 0.717) is 19.2 Å². The van der Waals surface area contributed by atoms with Gasteiger partial charge in [-0.3, -0.25) is 4.90 Å². The number of nitrogens with two attached hydrogens (primary N) is 1. The maximum Gasteiger partial charge on any atom is 0.0904 e. The first kappa shape index (κ1) is 12.9. The molecule has 0 amide bonds. The molecule has 18 heavy (non-hydrogen) atoms. The first-order chi connectivity index (χ1) is 8.72. The van der Waals surface area contributed by atoms with Crippen LogP contribution in [0.2, 0.25) is 0 Å². The van der Waals surface area contributed by atoms with Gasteiger partial charge in [0.2, 0.25) is 0 Å². The van der Waals surface area contributed by atoms with Crippen LogP contribution in [-0.4, -0.2) is 54.5 Å². The molecule has 0 aliphatic carbocycles. The minimum atomic E-state index is -0.622. The number of ether oxygens (including phenoxy) is 1. The maximum atomic E-state index is 11.4. The monoisotopic (exact) mass is 254 g/mol. The van der Waals surface area contributed by atoms with Crippen molar-refractivity contribution in [1.29, 1.82) is 0 Å². The fourth-order valence-electron chi connectivity index (χ4n) is 4.43. The van der Waals surface area contributed by atoms with Crippen molar-refractivity contribution in [2.45, 2.75) is 50.2 Å². The lowest BCUT2D eigenvalue weighted by Gasteiger charge is -2.51. The summed E-state index contributed by atoms with van der Waals surface area (Å²) in [5, 5.41) is 11.4. The lowest BCUT2D eigenvalue weighted by atomic mass is 9.64. The highest BCUT2D eigenvalue weighted by Gasteiger charge is 2.59. The maximum absolute atomic E-state index is 11.4. The molecule has 4 heteroatoms. The number of hydrogen-bond donors (Lipinski definition) is 2. The van der Waals surface area contributed by atoms with Crippen LogP contribution in [0.3, 0.4) is 0 Å². The van der Waals surface area contributed by atoms with Crippen molar-refractivity contribution in [3.05, 3.63) is 0 Å². The van der Waals surface area contributed by atoms with Crippen LogP contribution in [0.25, 0.3) is 0 Å². The van der Waals surface area contributed by atoms with Crippen LogP contribution < -0.4 is 5.73 Å². The Bertz CT molecular complexity index is 304. The molecule has 3 N–H and O–H groups in total. The molecule has 3 aliphatic rings. The van der Waals surface area contributed by atoms with Crippen LogP contribution in [0.5, 0.6) is 0 Å². The number of rotatable bonds is 2. The topological polar surface area (TPSA) is 58.7 Å². The zero-order valence-corrected chi connectivity index (χ0v) is 11.2. The van der Waals surface area contributed by atoms with Gasteiger partial charge in [-0.2, -0.15) is 0 Å². The fraction of sp³-hybridized carbons (Fsp3) is 1.00. The summed E-state index contributed by atoms with van der Waals surface area (Å²) in [4.78, 5) is 2.48. The second-order valence-electron chi connectivity index (χ2n) is 6.36. The van der Waals surface area contributed by atoms with E-state index in [1.165, 1.54) is 12.8 Å². The molecule has 4 nitrogen and oxygen atoms in total. The Balaban J connectivity index is 1.87. The van der Waals surface area contributed by atoms with Crippen LogP contribution in [0.1, 0.15) is 38.5 Å². The smallest absolute Gasteiger partial charge is 0.0904 e. The second kappa shape index (κ2) is 4.75. The lowest BCUT2D eigenvalue weighted by molar-refractivity contribution is -0.159. The van der Waals surface area contributed by atoms with Crippen LogP contribution in [0.15, 0.2) is 0 Å². The summed E-state index contributed by atoms with van der Waals surface area (Å²) < 4.78 is 5.68. The molecule has 0 aromatic carbocycles. The summed E-state index contributed by atoms with van der Waals surface area (Å²) in [6.45, 7) is 4.20. The van der Waals surface area contributed by atoms with Crippen molar-refractivity contribution in [2.24, 2.45) is 11.1 Å². The van der Waals surface area contributed by atoms with Crippen molar-refractivity contribution >= 4 is 0 Å². The van der Waals surface area contributed by atoms with Crippen LogP contribution in [0, 0.1) is 5.41 Å². The number of nitrogens with zero attached hydrogens (tertiary/aromatic N) is 1. The van der Waals surface area contributed by atoms with Gasteiger partial charge in [0.15, 0.2) is 0 Å². The van der Waals surface area contributed by atoms with E-state index < -0.39 is 5.60 Å². The Morgan fingerprint density at radius 2 is 2.11 bits per heavy atom. The highest BCUT2D eigenvalue weighted by Crippen LogP contribution is 2.49. The highest BCUT2D eigenvalue weighted by atomic mass is 16.5. The molecule has 3 rings (SSSR count). The van der Waals surface area contributed by atoms with E-state index in [2.05, 4.69) is 4.90 Å². The Morgan fingerprint density at radius 3 is 2.83 bits per heavy atom. The quantitative estimate of drug-likeness (QED) is 0.763. The molecule has 3 fully saturated rings. The van der Waals surface area contributed by atoms with Gasteiger partial charge in [0.1, 0.15) is 0 Å². The third kappa shape index (κ3) is 1.73. The average molecular weight is 254 g/mol. The van der Waals surface area contributed by atoms with E-state index in [4.69, 9.17) is 10.5 Å². The molecule has 3 atom stereocenters. The molecule has 0 radical (unpaired) electrons. The van der Waals surface area contributed by atoms with Crippen molar-refractivity contribution in [1.82, 2.24) is 4.90 Å². The Kier molecular flexibility index (Phi) is 3.39. The Morgan fingerprint density at radius 1 is 1.22 bits per heavy atom. The molecule has 3 aliphatic heterocycles. The first-order valence-corrected chi connectivity index (χ1v) is 7.46. The van der Waals surface area contributed by atoms with Gasteiger partial charge in [0.05, 0.1) is 12.2 Å². The van der Waals surface area contributed by atoms with Gasteiger partial charge >= 0.3 is 0 Å². The summed E-state index contributed by atoms with van der Waals surface area (Å²) in [7, 11) is 0. The summed E-state index contributed by atoms with van der Waals surface area (Å²) in [6.07, 6.45) is 6.57. The van der Waals surface area contributed by atoms with Crippen molar-refractivity contribution in [3.8, 4) is 0 Å². The van der Waals surface area contributed by atoms with E-state index in [9.17, 15) is 5.11 Å². The number of fused-ring (bicyclic) bond motifs is 1. The van der Waals surface area contributed by atoms with Crippen molar-refractivity contribution in [2.75, 3.05) is 32.8 Å². The van der Waals surface area contributed by atoms with Crippen molar-refractivity contribution < 1.29 is 9.84 Å². The molecule has 0 aromatic heterocycles. The van der Waals surface area contributed by atoms with Gasteiger partial charge < -0.3 is 15.6 Å². The van der Waals surface area contributed by atoms with E-state index in [1.54, 1.807) is 0 Å². The lowest BCUT2D eigenvalue weighted by Crippen LogP contribution is -2.62. The summed E-state index contributed by atoms with van der Waals surface area (Å²) >= 11 is 0. The van der Waals surface area contributed by atoms with Gasteiger partial charge in [-0.05, 0) is 38.6 Å². The fourth-order valence-corrected chi connectivity index (χ4v) is 4.43. The number of piperidine rings is 1.